The summed E-state index contributed by atoms with van der Waals surface area (Å²) in [6, 6.07) is 12.9. The van der Waals surface area contributed by atoms with Gasteiger partial charge in [0.2, 0.25) is 0 Å². The highest BCUT2D eigenvalue weighted by atomic mass is 16.5. The molecule has 0 unspecified atom stereocenters. The van der Waals surface area contributed by atoms with Crippen LogP contribution in [0.1, 0.15) is 28.4 Å². The average molecular weight is 377 g/mol. The molecule has 0 spiro atoms. The molecule has 0 aliphatic heterocycles. The SMILES string of the molecule is CCOc1cc(C(=O)N(Cc2ccncc2)Cc2cccnc2)ccc1OC. The molecule has 3 rings (SSSR count). The minimum atomic E-state index is -0.0933. The van der Waals surface area contributed by atoms with E-state index in [1.165, 1.54) is 0 Å². The van der Waals surface area contributed by atoms with Crippen molar-refractivity contribution in [3.8, 4) is 11.5 Å². The largest absolute Gasteiger partial charge is 0.493 e. The summed E-state index contributed by atoms with van der Waals surface area (Å²) in [7, 11) is 1.58. The Hall–Kier alpha value is -3.41. The summed E-state index contributed by atoms with van der Waals surface area (Å²) in [4.78, 5) is 23.3. The molecule has 3 aromatic rings. The third kappa shape index (κ3) is 4.85. The van der Waals surface area contributed by atoms with Crippen LogP contribution < -0.4 is 9.47 Å². The molecule has 0 aliphatic carbocycles. The molecule has 2 aromatic heterocycles. The topological polar surface area (TPSA) is 64.5 Å². The second kappa shape index (κ2) is 9.50. The van der Waals surface area contributed by atoms with E-state index in [1.807, 2.05) is 31.2 Å². The van der Waals surface area contributed by atoms with Gasteiger partial charge in [-0.05, 0) is 54.4 Å². The Kier molecular flexibility index (Phi) is 6.57. The highest BCUT2D eigenvalue weighted by Crippen LogP contribution is 2.29. The third-order valence-corrected chi connectivity index (χ3v) is 4.22. The average Bonchev–Trinajstić information content (AvgIpc) is 2.74. The molecule has 1 aromatic carbocycles. The second-order valence-corrected chi connectivity index (χ2v) is 6.18. The highest BCUT2D eigenvalue weighted by Gasteiger charge is 2.19. The Labute approximate surface area is 164 Å². The summed E-state index contributed by atoms with van der Waals surface area (Å²) in [6.45, 7) is 3.30. The van der Waals surface area contributed by atoms with Crippen LogP contribution in [-0.4, -0.2) is 34.5 Å². The smallest absolute Gasteiger partial charge is 0.254 e. The standard InChI is InChI=1S/C22H23N3O3/c1-3-28-21-13-19(6-7-20(21)27-2)22(26)25(15-17-8-11-23-12-9-17)16-18-5-4-10-24-14-18/h4-14H,3,15-16H2,1-2H3. The van der Waals surface area contributed by atoms with Gasteiger partial charge in [-0.15, -0.1) is 0 Å². The van der Waals surface area contributed by atoms with Crippen molar-refractivity contribution in [2.24, 2.45) is 0 Å². The van der Waals surface area contributed by atoms with Crippen molar-refractivity contribution in [2.75, 3.05) is 13.7 Å². The lowest BCUT2D eigenvalue weighted by Gasteiger charge is -2.23. The molecule has 0 bridgehead atoms. The highest BCUT2D eigenvalue weighted by molar-refractivity contribution is 5.95. The van der Waals surface area contributed by atoms with Gasteiger partial charge in [-0.3, -0.25) is 14.8 Å². The van der Waals surface area contributed by atoms with Crippen LogP contribution in [0.5, 0.6) is 11.5 Å². The van der Waals surface area contributed by atoms with Gasteiger partial charge in [0, 0.05) is 43.4 Å². The van der Waals surface area contributed by atoms with Crippen molar-refractivity contribution >= 4 is 5.91 Å². The zero-order valence-electron chi connectivity index (χ0n) is 16.0. The molecule has 0 atom stereocenters. The van der Waals surface area contributed by atoms with E-state index < -0.39 is 0 Å². The number of methoxy groups -OCH3 is 1. The van der Waals surface area contributed by atoms with Gasteiger partial charge in [-0.25, -0.2) is 0 Å². The minimum Gasteiger partial charge on any atom is -0.493 e. The van der Waals surface area contributed by atoms with Gasteiger partial charge in [-0.1, -0.05) is 6.07 Å². The molecule has 0 fully saturated rings. The molecule has 1 amide bonds. The number of ether oxygens (including phenoxy) is 2. The number of benzene rings is 1. The maximum Gasteiger partial charge on any atom is 0.254 e. The van der Waals surface area contributed by atoms with Gasteiger partial charge >= 0.3 is 0 Å². The maximum atomic E-state index is 13.3. The van der Waals surface area contributed by atoms with Crippen LogP contribution in [0.15, 0.2) is 67.3 Å². The molecule has 28 heavy (non-hydrogen) atoms. The number of pyridine rings is 2. The zero-order valence-corrected chi connectivity index (χ0v) is 16.0. The molecule has 6 nitrogen and oxygen atoms in total. The number of rotatable bonds is 8. The number of amides is 1. The predicted octanol–water partition coefficient (Wildman–Crippen LogP) is 3.73. The van der Waals surface area contributed by atoms with Crippen molar-refractivity contribution in [2.45, 2.75) is 20.0 Å². The monoisotopic (exact) mass is 377 g/mol. The predicted molar refractivity (Wildman–Crippen MR) is 106 cm³/mol. The number of nitrogens with zero attached hydrogens (tertiary/aromatic N) is 3. The van der Waals surface area contributed by atoms with Crippen LogP contribution in [-0.2, 0) is 13.1 Å². The van der Waals surface area contributed by atoms with E-state index in [0.29, 0.717) is 36.8 Å². The summed E-state index contributed by atoms with van der Waals surface area (Å²) in [5.74, 6) is 1.07. The fourth-order valence-corrected chi connectivity index (χ4v) is 2.88. The van der Waals surface area contributed by atoms with Gasteiger partial charge in [0.1, 0.15) is 0 Å². The number of aromatic nitrogens is 2. The van der Waals surface area contributed by atoms with Crippen LogP contribution >= 0.6 is 0 Å². The molecule has 0 radical (unpaired) electrons. The normalized spacial score (nSPS) is 10.4. The lowest BCUT2D eigenvalue weighted by molar-refractivity contribution is 0.0729. The molecule has 144 valence electrons. The van der Waals surface area contributed by atoms with Gasteiger partial charge in [0.15, 0.2) is 11.5 Å². The fourth-order valence-electron chi connectivity index (χ4n) is 2.88. The van der Waals surface area contributed by atoms with Crippen LogP contribution in [0, 0.1) is 0 Å². The zero-order chi connectivity index (χ0) is 19.8. The van der Waals surface area contributed by atoms with Crippen LogP contribution in [0.3, 0.4) is 0 Å². The molecule has 6 heteroatoms. The molecular formula is C22H23N3O3. The molecule has 0 N–H and O–H groups in total. The third-order valence-electron chi connectivity index (χ3n) is 4.22. The second-order valence-electron chi connectivity index (χ2n) is 6.18. The summed E-state index contributed by atoms with van der Waals surface area (Å²) in [6.07, 6.45) is 6.94. The number of carbonyl (C=O) groups excluding carboxylic acids is 1. The lowest BCUT2D eigenvalue weighted by Crippen LogP contribution is -2.30. The first-order valence-corrected chi connectivity index (χ1v) is 9.09. The Morgan fingerprint density at radius 1 is 0.964 bits per heavy atom. The quantitative estimate of drug-likeness (QED) is 0.599. The van der Waals surface area contributed by atoms with Gasteiger partial charge in [0.05, 0.1) is 13.7 Å². The summed E-state index contributed by atoms with van der Waals surface area (Å²) in [5, 5.41) is 0. The minimum absolute atomic E-state index is 0.0933. The van der Waals surface area contributed by atoms with Gasteiger partial charge in [0.25, 0.3) is 5.91 Å². The van der Waals surface area contributed by atoms with Crippen molar-refractivity contribution in [3.05, 3.63) is 83.9 Å². The summed E-state index contributed by atoms with van der Waals surface area (Å²) >= 11 is 0. The first-order chi connectivity index (χ1) is 13.7. The van der Waals surface area contributed by atoms with E-state index in [4.69, 9.17) is 9.47 Å². The fraction of sp³-hybridized carbons (Fsp3) is 0.227. The van der Waals surface area contributed by atoms with E-state index in [9.17, 15) is 4.79 Å². The van der Waals surface area contributed by atoms with E-state index in [1.54, 1.807) is 55.0 Å². The number of carbonyl (C=O) groups is 1. The summed E-state index contributed by atoms with van der Waals surface area (Å²) < 4.78 is 10.9. The molecule has 2 heterocycles. The van der Waals surface area contributed by atoms with Gasteiger partial charge in [-0.2, -0.15) is 0 Å². The number of hydrogen-bond donors (Lipinski definition) is 0. The van der Waals surface area contributed by atoms with Crippen molar-refractivity contribution in [1.29, 1.82) is 0 Å². The van der Waals surface area contributed by atoms with Crippen molar-refractivity contribution in [1.82, 2.24) is 14.9 Å². The first-order valence-electron chi connectivity index (χ1n) is 9.09. The van der Waals surface area contributed by atoms with E-state index in [0.717, 1.165) is 11.1 Å². The lowest BCUT2D eigenvalue weighted by atomic mass is 10.1. The van der Waals surface area contributed by atoms with Crippen LogP contribution in [0.25, 0.3) is 0 Å². The maximum absolute atomic E-state index is 13.3. The Bertz CT molecular complexity index is 860. The Morgan fingerprint density at radius 2 is 1.75 bits per heavy atom. The van der Waals surface area contributed by atoms with Gasteiger partial charge < -0.3 is 14.4 Å². The van der Waals surface area contributed by atoms with Crippen LogP contribution in [0.4, 0.5) is 0 Å². The van der Waals surface area contributed by atoms with Crippen LogP contribution in [0.2, 0.25) is 0 Å². The van der Waals surface area contributed by atoms with E-state index >= 15 is 0 Å². The van der Waals surface area contributed by atoms with E-state index in [-0.39, 0.29) is 5.91 Å². The molecule has 0 aliphatic rings. The Morgan fingerprint density at radius 3 is 2.43 bits per heavy atom. The molecule has 0 saturated carbocycles. The first kappa shape index (κ1) is 19.4. The van der Waals surface area contributed by atoms with Crippen molar-refractivity contribution < 1.29 is 14.3 Å². The molecular weight excluding hydrogens is 354 g/mol. The van der Waals surface area contributed by atoms with E-state index in [2.05, 4.69) is 9.97 Å². The molecule has 0 saturated heterocycles. The number of hydrogen-bond acceptors (Lipinski definition) is 5. The van der Waals surface area contributed by atoms with Crippen molar-refractivity contribution in [3.63, 3.8) is 0 Å². The summed E-state index contributed by atoms with van der Waals surface area (Å²) in [5.41, 5.74) is 2.51. The Balaban J connectivity index is 1.90.